The largest absolute Gasteiger partial charge is 0.449 e. The van der Waals surface area contributed by atoms with Gasteiger partial charge in [0.05, 0.1) is 22.4 Å². The minimum Gasteiger partial charge on any atom is -0.449 e. The lowest BCUT2D eigenvalue weighted by Gasteiger charge is -2.19. The number of nitrogens with zero attached hydrogens (tertiary/aromatic N) is 1. The van der Waals surface area contributed by atoms with E-state index < -0.39 is 40.9 Å². The number of amides is 2. The van der Waals surface area contributed by atoms with Crippen LogP contribution in [-0.2, 0) is 6.18 Å². The molecular weight excluding hydrogens is 489 g/mol. The smallest absolute Gasteiger partial charge is 0.416 e. The van der Waals surface area contributed by atoms with Gasteiger partial charge in [-0.1, -0.05) is 28.1 Å². The maximum absolute atomic E-state index is 14.3. The average Bonchev–Trinajstić information content (AvgIpc) is 2.95. The van der Waals surface area contributed by atoms with Crippen molar-refractivity contribution in [3.63, 3.8) is 0 Å². The third kappa shape index (κ3) is 3.67. The van der Waals surface area contributed by atoms with Crippen molar-refractivity contribution in [3.8, 4) is 11.5 Å². The van der Waals surface area contributed by atoms with E-state index in [9.17, 15) is 31.5 Å². The average molecular weight is 498 g/mol. The molecule has 3 aromatic rings. The van der Waals surface area contributed by atoms with Crippen molar-refractivity contribution in [2.75, 3.05) is 4.90 Å². The summed E-state index contributed by atoms with van der Waals surface area (Å²) in [4.78, 5) is 26.3. The Balaban J connectivity index is 1.78. The number of ether oxygens (including phenoxy) is 1. The van der Waals surface area contributed by atoms with Crippen molar-refractivity contribution < 1.29 is 36.3 Å². The molecule has 0 unspecified atom stereocenters. The number of hydrogen-bond acceptors (Lipinski definition) is 3. The predicted molar refractivity (Wildman–Crippen MR) is 103 cm³/mol. The van der Waals surface area contributed by atoms with Crippen molar-refractivity contribution in [1.29, 1.82) is 0 Å². The second-order valence-electron chi connectivity index (χ2n) is 6.47. The van der Waals surface area contributed by atoms with Crippen LogP contribution in [0.15, 0.2) is 59.1 Å². The molecule has 1 aliphatic rings. The molecule has 3 aromatic carbocycles. The van der Waals surface area contributed by atoms with E-state index in [0.717, 1.165) is 4.90 Å². The van der Waals surface area contributed by atoms with E-state index in [4.69, 9.17) is 4.74 Å². The summed E-state index contributed by atoms with van der Waals surface area (Å²) in [6.07, 6.45) is -4.96. The molecule has 10 heteroatoms. The number of rotatable bonds is 3. The number of benzene rings is 3. The quantitative estimate of drug-likeness (QED) is 0.313. The number of carbonyl (C=O) groups is 2. The van der Waals surface area contributed by atoms with Crippen LogP contribution in [0.25, 0.3) is 0 Å². The van der Waals surface area contributed by atoms with Gasteiger partial charge in [-0.25, -0.2) is 13.7 Å². The van der Waals surface area contributed by atoms with E-state index in [1.807, 2.05) is 0 Å². The summed E-state index contributed by atoms with van der Waals surface area (Å²) in [6.45, 7) is 0. The number of anilines is 1. The zero-order chi connectivity index (χ0) is 22.5. The van der Waals surface area contributed by atoms with Crippen molar-refractivity contribution in [2.45, 2.75) is 6.18 Å². The molecule has 0 N–H and O–H groups in total. The highest BCUT2D eigenvalue weighted by atomic mass is 79.9. The lowest BCUT2D eigenvalue weighted by atomic mass is 10.1. The van der Waals surface area contributed by atoms with Crippen molar-refractivity contribution in [1.82, 2.24) is 0 Å². The molecule has 0 spiro atoms. The Morgan fingerprint density at radius 2 is 1.39 bits per heavy atom. The van der Waals surface area contributed by atoms with E-state index >= 15 is 0 Å². The molecule has 0 aliphatic carbocycles. The molecule has 0 atom stereocenters. The van der Waals surface area contributed by atoms with Gasteiger partial charge in [0.2, 0.25) is 0 Å². The summed E-state index contributed by atoms with van der Waals surface area (Å²) in [5, 5.41) is 0. The van der Waals surface area contributed by atoms with Gasteiger partial charge in [-0.2, -0.15) is 13.2 Å². The lowest BCUT2D eigenvalue weighted by Crippen LogP contribution is -2.29. The van der Waals surface area contributed by atoms with Gasteiger partial charge in [0, 0.05) is 4.47 Å². The number of imide groups is 1. The first-order chi connectivity index (χ1) is 14.6. The maximum atomic E-state index is 14.3. The van der Waals surface area contributed by atoms with Crippen LogP contribution in [0, 0.1) is 11.6 Å². The molecule has 0 fully saturated rings. The van der Waals surface area contributed by atoms with Crippen LogP contribution in [0.1, 0.15) is 26.3 Å². The van der Waals surface area contributed by atoms with Gasteiger partial charge >= 0.3 is 6.18 Å². The lowest BCUT2D eigenvalue weighted by molar-refractivity contribution is -0.138. The molecule has 0 aromatic heterocycles. The van der Waals surface area contributed by atoms with Gasteiger partial charge in [0.1, 0.15) is 0 Å². The molecule has 4 rings (SSSR count). The van der Waals surface area contributed by atoms with Crippen molar-refractivity contribution in [2.24, 2.45) is 0 Å². The molecule has 2 amide bonds. The summed E-state index contributed by atoms with van der Waals surface area (Å²) in [7, 11) is 0. The number of hydrogen-bond donors (Lipinski definition) is 0. The monoisotopic (exact) mass is 497 g/mol. The summed E-state index contributed by atoms with van der Waals surface area (Å²) < 4.78 is 72.5. The van der Waals surface area contributed by atoms with Crippen LogP contribution in [-0.4, -0.2) is 11.8 Å². The number of alkyl halides is 3. The zero-order valence-corrected chi connectivity index (χ0v) is 16.7. The van der Waals surface area contributed by atoms with Gasteiger partial charge in [0.25, 0.3) is 11.8 Å². The molecular formula is C21H9BrF5NO3. The highest BCUT2D eigenvalue weighted by molar-refractivity contribution is 9.10. The molecule has 158 valence electrons. The highest BCUT2D eigenvalue weighted by Gasteiger charge is 2.38. The van der Waals surface area contributed by atoms with E-state index in [1.54, 1.807) is 12.1 Å². The Kier molecular flexibility index (Phi) is 5.04. The van der Waals surface area contributed by atoms with E-state index in [2.05, 4.69) is 15.9 Å². The highest BCUT2D eigenvalue weighted by Crippen LogP contribution is 2.41. The Labute approximate surface area is 180 Å². The normalized spacial score (nSPS) is 13.5. The van der Waals surface area contributed by atoms with E-state index in [0.29, 0.717) is 4.47 Å². The zero-order valence-electron chi connectivity index (χ0n) is 15.1. The molecule has 4 nitrogen and oxygen atoms in total. The van der Waals surface area contributed by atoms with E-state index in [-0.39, 0.29) is 34.7 Å². The van der Waals surface area contributed by atoms with Gasteiger partial charge in [0.15, 0.2) is 23.1 Å². The fourth-order valence-corrected chi connectivity index (χ4v) is 3.43. The van der Waals surface area contributed by atoms with Crippen molar-refractivity contribution in [3.05, 3.63) is 87.4 Å². The van der Waals surface area contributed by atoms with Crippen LogP contribution in [0.2, 0.25) is 0 Å². The van der Waals surface area contributed by atoms with E-state index in [1.165, 1.54) is 30.3 Å². The Morgan fingerprint density at radius 1 is 0.839 bits per heavy atom. The van der Waals surface area contributed by atoms with Gasteiger partial charge in [-0.3, -0.25) is 9.59 Å². The molecule has 0 saturated carbocycles. The number of fused-ring (bicyclic) bond motifs is 1. The standard InChI is InChI=1S/C21H9BrF5NO3/c22-11-5-6-16(28-19(29)12-3-1-2-4-13(12)20(28)30)17(9-11)31-18-14(23)7-10(8-15(18)24)21(25,26)27/h1-9H. The van der Waals surface area contributed by atoms with Crippen LogP contribution in [0.5, 0.6) is 11.5 Å². The Bertz CT molecular complexity index is 1180. The fourth-order valence-electron chi connectivity index (χ4n) is 3.09. The minimum atomic E-state index is -4.96. The fraction of sp³-hybridized carbons (Fsp3) is 0.0476. The first-order valence-corrected chi connectivity index (χ1v) is 9.38. The van der Waals surface area contributed by atoms with Crippen molar-refractivity contribution >= 4 is 33.4 Å². The van der Waals surface area contributed by atoms with Crippen LogP contribution >= 0.6 is 15.9 Å². The third-order valence-corrected chi connectivity index (χ3v) is 4.99. The number of halogens is 6. The summed E-state index contributed by atoms with van der Waals surface area (Å²) >= 11 is 3.15. The first-order valence-electron chi connectivity index (χ1n) is 8.59. The number of carbonyl (C=O) groups excluding carboxylic acids is 2. The molecule has 31 heavy (non-hydrogen) atoms. The first kappa shape index (κ1) is 21.0. The molecule has 0 radical (unpaired) electrons. The molecule has 1 aliphatic heterocycles. The Hall–Kier alpha value is -3.27. The molecule has 0 bridgehead atoms. The second-order valence-corrected chi connectivity index (χ2v) is 7.39. The Morgan fingerprint density at radius 3 is 1.90 bits per heavy atom. The maximum Gasteiger partial charge on any atom is 0.416 e. The third-order valence-electron chi connectivity index (χ3n) is 4.49. The SMILES string of the molecule is O=C1c2ccccc2C(=O)N1c1ccc(Br)cc1Oc1c(F)cc(C(F)(F)F)cc1F. The molecule has 0 saturated heterocycles. The van der Waals surface area contributed by atoms with Crippen LogP contribution < -0.4 is 9.64 Å². The minimum absolute atomic E-state index is 0.0953. The predicted octanol–water partition coefficient (Wildman–Crippen LogP) is 6.34. The van der Waals surface area contributed by atoms with Gasteiger partial charge in [-0.05, 0) is 42.5 Å². The molecule has 1 heterocycles. The summed E-state index contributed by atoms with van der Waals surface area (Å²) in [5.74, 6) is -5.98. The van der Waals surface area contributed by atoms with Crippen LogP contribution in [0.4, 0.5) is 27.6 Å². The summed E-state index contributed by atoms with van der Waals surface area (Å²) in [6, 6.07) is 10.2. The topological polar surface area (TPSA) is 46.6 Å². The van der Waals surface area contributed by atoms with Gasteiger partial charge < -0.3 is 4.74 Å². The van der Waals surface area contributed by atoms with Gasteiger partial charge in [-0.15, -0.1) is 0 Å². The summed E-state index contributed by atoms with van der Waals surface area (Å²) in [5.41, 5.74) is -1.39. The van der Waals surface area contributed by atoms with Crippen LogP contribution in [0.3, 0.4) is 0 Å². The second kappa shape index (κ2) is 7.45.